The van der Waals surface area contributed by atoms with Crippen LogP contribution in [-0.2, 0) is 9.53 Å². The number of fused-ring (bicyclic) bond motifs is 1. The third kappa shape index (κ3) is 7.97. The van der Waals surface area contributed by atoms with Crippen molar-refractivity contribution < 1.29 is 19.5 Å². The SMILES string of the molecule is Cc1cccc(Nc2nc(=NCCCNC(=O)CN(C)C(=O)OC(C)(C)C)nc3ccn(O)cc2-3)c1. The number of aromatic nitrogens is 3. The molecule has 0 fully saturated rings. The van der Waals surface area contributed by atoms with Crippen molar-refractivity contribution in [1.82, 2.24) is 24.9 Å². The molecular weight excluding hydrogens is 462 g/mol. The van der Waals surface area contributed by atoms with Crippen LogP contribution < -0.4 is 16.3 Å². The second kappa shape index (κ2) is 11.5. The molecule has 1 aromatic carbocycles. The zero-order chi connectivity index (χ0) is 26.3. The summed E-state index contributed by atoms with van der Waals surface area (Å²) in [4.78, 5) is 38.8. The van der Waals surface area contributed by atoms with Gasteiger partial charge >= 0.3 is 6.09 Å². The van der Waals surface area contributed by atoms with Gasteiger partial charge in [0, 0.05) is 32.0 Å². The van der Waals surface area contributed by atoms with E-state index in [1.54, 1.807) is 26.8 Å². The average Bonchev–Trinajstić information content (AvgIpc) is 2.78. The maximum absolute atomic E-state index is 12.1. The van der Waals surface area contributed by atoms with E-state index < -0.39 is 11.7 Å². The van der Waals surface area contributed by atoms with E-state index in [0.29, 0.717) is 42.2 Å². The van der Waals surface area contributed by atoms with Crippen molar-refractivity contribution in [2.75, 3.05) is 32.0 Å². The van der Waals surface area contributed by atoms with Crippen LogP contribution in [0.25, 0.3) is 11.3 Å². The predicted molar refractivity (Wildman–Crippen MR) is 135 cm³/mol. The first-order valence-corrected chi connectivity index (χ1v) is 11.6. The monoisotopic (exact) mass is 495 g/mol. The first kappa shape index (κ1) is 26.5. The minimum atomic E-state index is -0.622. The van der Waals surface area contributed by atoms with Gasteiger partial charge in [0.05, 0.1) is 17.5 Å². The van der Waals surface area contributed by atoms with E-state index in [1.165, 1.54) is 24.3 Å². The smallest absolute Gasteiger partial charge is 0.410 e. The maximum Gasteiger partial charge on any atom is 0.410 e. The van der Waals surface area contributed by atoms with E-state index in [-0.39, 0.29) is 12.5 Å². The fraction of sp³-hybridized carbons (Fsp3) is 0.400. The summed E-state index contributed by atoms with van der Waals surface area (Å²) in [6, 6.07) is 9.54. The molecule has 2 aliphatic rings. The summed E-state index contributed by atoms with van der Waals surface area (Å²) in [7, 11) is 1.51. The van der Waals surface area contributed by atoms with Gasteiger partial charge in [-0.1, -0.05) is 12.1 Å². The summed E-state index contributed by atoms with van der Waals surface area (Å²) in [5.41, 5.74) is 2.89. The Bertz CT molecular complexity index is 1250. The zero-order valence-electron chi connectivity index (χ0n) is 21.3. The summed E-state index contributed by atoms with van der Waals surface area (Å²) in [5, 5.41) is 15.9. The highest BCUT2D eigenvalue weighted by Gasteiger charge is 2.21. The molecular formula is C25H33N7O4. The van der Waals surface area contributed by atoms with Crippen LogP contribution in [0.4, 0.5) is 16.3 Å². The van der Waals surface area contributed by atoms with Crippen LogP contribution in [0.3, 0.4) is 0 Å². The molecule has 36 heavy (non-hydrogen) atoms. The molecule has 0 atom stereocenters. The third-order valence-electron chi connectivity index (χ3n) is 4.89. The lowest BCUT2D eigenvalue weighted by molar-refractivity contribution is -0.122. The number of ether oxygens (including phenoxy) is 1. The quantitative estimate of drug-likeness (QED) is 0.323. The number of rotatable bonds is 8. The number of anilines is 2. The van der Waals surface area contributed by atoms with Gasteiger partial charge in [-0.2, -0.15) is 4.98 Å². The number of nitrogens with one attached hydrogen (secondary N) is 2. The van der Waals surface area contributed by atoms with E-state index in [0.717, 1.165) is 16.0 Å². The fourth-order valence-electron chi connectivity index (χ4n) is 3.24. The van der Waals surface area contributed by atoms with Gasteiger partial charge in [0.1, 0.15) is 18.0 Å². The molecule has 1 aromatic rings. The van der Waals surface area contributed by atoms with E-state index in [1.807, 2.05) is 31.2 Å². The highest BCUT2D eigenvalue weighted by atomic mass is 16.6. The van der Waals surface area contributed by atoms with Crippen LogP contribution in [0.15, 0.2) is 47.7 Å². The molecule has 0 radical (unpaired) electrons. The van der Waals surface area contributed by atoms with E-state index in [2.05, 4.69) is 25.6 Å². The van der Waals surface area contributed by atoms with Crippen molar-refractivity contribution in [3.8, 4) is 11.3 Å². The molecule has 3 N–H and O–H groups in total. The molecule has 11 heteroatoms. The summed E-state index contributed by atoms with van der Waals surface area (Å²) < 4.78 is 6.19. The topological polar surface area (TPSA) is 134 Å². The molecule has 0 spiro atoms. The lowest BCUT2D eigenvalue weighted by Crippen LogP contribution is -2.41. The van der Waals surface area contributed by atoms with Crippen LogP contribution in [0.5, 0.6) is 0 Å². The number of hydrogen-bond donors (Lipinski definition) is 3. The predicted octanol–water partition coefficient (Wildman–Crippen LogP) is 2.95. The molecule has 0 bridgehead atoms. The number of pyridine rings is 1. The van der Waals surface area contributed by atoms with Gasteiger partial charge in [-0.3, -0.25) is 4.79 Å². The van der Waals surface area contributed by atoms with Gasteiger partial charge in [0.15, 0.2) is 0 Å². The maximum atomic E-state index is 12.1. The average molecular weight is 496 g/mol. The highest BCUT2D eigenvalue weighted by Crippen LogP contribution is 2.26. The second-order valence-corrected chi connectivity index (χ2v) is 9.41. The molecule has 2 amide bonds. The standard InChI is InChI=1S/C25H33N7O4/c1-17-8-6-9-18(14-17)28-22-19-15-32(35)13-10-20(19)29-23(30-22)27-12-7-11-26-21(33)16-31(5)24(34)36-25(2,3)4/h6,8-10,13-15,35H,7,11-12,16H2,1-5H3,(H,26,33)(H,27,28,30). The van der Waals surface area contributed by atoms with Crippen molar-refractivity contribution >= 4 is 23.5 Å². The Balaban J connectivity index is 1.61. The normalized spacial score (nSPS) is 11.9. The van der Waals surface area contributed by atoms with Crippen molar-refractivity contribution in [2.45, 2.75) is 39.7 Å². The molecule has 192 valence electrons. The number of hydrogen-bond acceptors (Lipinski definition) is 8. The molecule has 0 saturated carbocycles. The third-order valence-corrected chi connectivity index (χ3v) is 4.89. The van der Waals surface area contributed by atoms with E-state index >= 15 is 0 Å². The minimum absolute atomic E-state index is 0.0985. The summed E-state index contributed by atoms with van der Waals surface area (Å²) >= 11 is 0. The van der Waals surface area contributed by atoms with Crippen LogP contribution >= 0.6 is 0 Å². The van der Waals surface area contributed by atoms with Gasteiger partial charge in [-0.15, -0.1) is 0 Å². The first-order valence-electron chi connectivity index (χ1n) is 11.6. The molecule has 11 nitrogen and oxygen atoms in total. The Morgan fingerprint density at radius 2 is 2.00 bits per heavy atom. The Morgan fingerprint density at radius 3 is 2.72 bits per heavy atom. The van der Waals surface area contributed by atoms with Gasteiger partial charge in [-0.05, 0) is 57.9 Å². The summed E-state index contributed by atoms with van der Waals surface area (Å²) in [6.45, 7) is 7.99. The van der Waals surface area contributed by atoms with E-state index in [4.69, 9.17) is 4.74 Å². The van der Waals surface area contributed by atoms with Gasteiger partial charge in [0.25, 0.3) is 0 Å². The number of carbonyl (C=O) groups excluding carboxylic acids is 2. The number of nitrogens with zero attached hydrogens (tertiary/aromatic N) is 5. The van der Waals surface area contributed by atoms with Crippen molar-refractivity contribution in [3.05, 3.63) is 53.9 Å². The number of aryl methyl sites for hydroxylation is 1. The Morgan fingerprint density at radius 1 is 1.22 bits per heavy atom. The number of amides is 2. The van der Waals surface area contributed by atoms with Crippen LogP contribution in [0, 0.1) is 6.92 Å². The highest BCUT2D eigenvalue weighted by molar-refractivity contribution is 5.82. The van der Waals surface area contributed by atoms with Crippen molar-refractivity contribution in [3.63, 3.8) is 0 Å². The van der Waals surface area contributed by atoms with Gasteiger partial charge in [-0.25, -0.2) is 19.5 Å². The second-order valence-electron chi connectivity index (χ2n) is 9.41. The first-order chi connectivity index (χ1) is 17.0. The van der Waals surface area contributed by atoms with Crippen molar-refractivity contribution in [2.24, 2.45) is 4.99 Å². The molecule has 2 heterocycles. The lowest BCUT2D eigenvalue weighted by Gasteiger charge is -2.24. The van der Waals surface area contributed by atoms with Gasteiger partial charge in [0.2, 0.25) is 11.5 Å². The molecule has 0 unspecified atom stereocenters. The largest absolute Gasteiger partial charge is 0.444 e. The Hall–Kier alpha value is -4.15. The number of carbonyl (C=O) groups is 2. The Kier molecular flexibility index (Phi) is 8.46. The van der Waals surface area contributed by atoms with Crippen molar-refractivity contribution in [1.29, 1.82) is 0 Å². The molecule has 0 aromatic heterocycles. The van der Waals surface area contributed by atoms with Crippen LogP contribution in [0.2, 0.25) is 0 Å². The van der Waals surface area contributed by atoms with Crippen LogP contribution in [0.1, 0.15) is 32.8 Å². The lowest BCUT2D eigenvalue weighted by atomic mass is 10.2. The summed E-state index contributed by atoms with van der Waals surface area (Å²) in [5.74, 6) is 0.235. The fourth-order valence-corrected chi connectivity index (χ4v) is 3.24. The molecule has 0 saturated heterocycles. The van der Waals surface area contributed by atoms with E-state index in [9.17, 15) is 14.8 Å². The summed E-state index contributed by atoms with van der Waals surface area (Å²) in [6.07, 6.45) is 3.03. The number of likely N-dealkylation sites (N-methyl/N-ethyl adjacent to an activating group) is 1. The molecule has 0 aliphatic carbocycles. The Labute approximate surface area is 210 Å². The number of benzene rings is 1. The molecule has 3 rings (SSSR count). The van der Waals surface area contributed by atoms with Crippen LogP contribution in [-0.4, -0.2) is 69.1 Å². The van der Waals surface area contributed by atoms with Gasteiger partial charge < -0.3 is 25.5 Å². The zero-order valence-corrected chi connectivity index (χ0v) is 21.3. The minimum Gasteiger partial charge on any atom is -0.444 e. The molecule has 2 aliphatic heterocycles.